The van der Waals surface area contributed by atoms with Crippen LogP contribution in [0, 0.1) is 17.3 Å². The summed E-state index contributed by atoms with van der Waals surface area (Å²) < 4.78 is 5.47. The normalized spacial score (nSPS) is 24.7. The van der Waals surface area contributed by atoms with Gasteiger partial charge < -0.3 is 10.5 Å². The van der Waals surface area contributed by atoms with E-state index in [1.165, 1.54) is 36.0 Å². The molecule has 2 rings (SSSR count). The summed E-state index contributed by atoms with van der Waals surface area (Å²) in [5.41, 5.74) is 11.3. The number of hydrogen-bond acceptors (Lipinski definition) is 3. The van der Waals surface area contributed by atoms with Crippen LogP contribution >= 0.6 is 12.4 Å². The number of carbonyl (C=O) groups excluding carboxylic acids is 1. The Balaban J connectivity index is 0.00000512. The van der Waals surface area contributed by atoms with Gasteiger partial charge in [0.1, 0.15) is 6.61 Å². The molecule has 2 aliphatic rings. The summed E-state index contributed by atoms with van der Waals surface area (Å²) >= 11 is 0. The molecule has 0 bridgehead atoms. The number of carbonyl (C=O) groups is 1. The maximum absolute atomic E-state index is 12.2. The van der Waals surface area contributed by atoms with E-state index in [9.17, 15) is 4.79 Å². The van der Waals surface area contributed by atoms with Gasteiger partial charge in [-0.05, 0) is 95.2 Å². The lowest BCUT2D eigenvalue weighted by Gasteiger charge is -2.32. The molecule has 0 heterocycles. The number of allylic oxidation sites excluding steroid dienone is 9. The molecule has 1 fully saturated rings. The Labute approximate surface area is 202 Å². The minimum atomic E-state index is -0.0559. The molecule has 3 nitrogen and oxygen atoms in total. The minimum Gasteiger partial charge on any atom is -0.461 e. The fourth-order valence-corrected chi connectivity index (χ4v) is 4.71. The third kappa shape index (κ3) is 9.11. The Hall–Kier alpha value is -1.58. The summed E-state index contributed by atoms with van der Waals surface area (Å²) in [6.07, 6.45) is 20.4. The molecular formula is C28H44ClNO2. The molecule has 0 saturated heterocycles. The van der Waals surface area contributed by atoms with E-state index < -0.39 is 0 Å². The molecule has 0 spiro atoms. The first-order valence-electron chi connectivity index (χ1n) is 12.0. The molecule has 0 aromatic heterocycles. The molecule has 32 heavy (non-hydrogen) atoms. The van der Waals surface area contributed by atoms with Crippen molar-refractivity contribution in [3.8, 4) is 0 Å². The van der Waals surface area contributed by atoms with Crippen molar-refractivity contribution >= 4 is 18.4 Å². The molecule has 0 amide bonds. The molecule has 0 unspecified atom stereocenters. The van der Waals surface area contributed by atoms with E-state index in [1.807, 2.05) is 13.0 Å². The lowest BCUT2D eigenvalue weighted by molar-refractivity contribution is -0.148. The van der Waals surface area contributed by atoms with E-state index >= 15 is 0 Å². The maximum Gasteiger partial charge on any atom is 0.309 e. The van der Waals surface area contributed by atoms with Crippen LogP contribution in [0.1, 0.15) is 79.6 Å². The van der Waals surface area contributed by atoms with E-state index in [0.717, 1.165) is 37.8 Å². The highest BCUT2D eigenvalue weighted by Gasteiger charge is 2.27. The van der Waals surface area contributed by atoms with Gasteiger partial charge in [0.2, 0.25) is 0 Å². The van der Waals surface area contributed by atoms with Gasteiger partial charge in [-0.2, -0.15) is 0 Å². The monoisotopic (exact) mass is 461 g/mol. The Kier molecular flexibility index (Phi) is 12.3. The number of esters is 1. The van der Waals surface area contributed by atoms with Crippen LogP contribution in [0.3, 0.4) is 0 Å². The van der Waals surface area contributed by atoms with Gasteiger partial charge in [0, 0.05) is 0 Å². The molecule has 1 saturated carbocycles. The van der Waals surface area contributed by atoms with Gasteiger partial charge in [-0.1, -0.05) is 60.9 Å². The fraction of sp³-hybridized carbons (Fsp3) is 0.607. The van der Waals surface area contributed by atoms with Crippen molar-refractivity contribution in [1.29, 1.82) is 0 Å². The standard InChI is InChI=1S/C28H43NO2.ClH/c1-21(11-16-26-23(3)10-7-18-28(26,4)5)8-6-9-22(2)17-19-31-27(30)25-14-12-24(20-29)13-15-25;/h6,8-9,11,16-17,24-25H,7,10,12-15,18-20,29H2,1-5H3;1H/b9-6+,16-11+,21-8+,22-17+;. The van der Waals surface area contributed by atoms with Crippen LogP contribution < -0.4 is 5.73 Å². The van der Waals surface area contributed by atoms with Gasteiger partial charge in [0.25, 0.3) is 0 Å². The van der Waals surface area contributed by atoms with Crippen molar-refractivity contribution in [1.82, 2.24) is 0 Å². The third-order valence-corrected chi connectivity index (χ3v) is 6.92. The van der Waals surface area contributed by atoms with E-state index in [1.54, 1.807) is 0 Å². The van der Waals surface area contributed by atoms with Crippen LogP contribution in [0.5, 0.6) is 0 Å². The van der Waals surface area contributed by atoms with Crippen LogP contribution in [0.4, 0.5) is 0 Å². The zero-order valence-corrected chi connectivity index (χ0v) is 21.6. The van der Waals surface area contributed by atoms with E-state index in [4.69, 9.17) is 10.5 Å². The number of ether oxygens (including phenoxy) is 1. The summed E-state index contributed by atoms with van der Waals surface area (Å²) in [6, 6.07) is 0. The predicted octanol–water partition coefficient (Wildman–Crippen LogP) is 7.25. The lowest BCUT2D eigenvalue weighted by Crippen LogP contribution is -2.27. The van der Waals surface area contributed by atoms with Crippen LogP contribution in [-0.4, -0.2) is 19.1 Å². The van der Waals surface area contributed by atoms with Gasteiger partial charge in [-0.15, -0.1) is 12.4 Å². The van der Waals surface area contributed by atoms with E-state index in [0.29, 0.717) is 12.5 Å². The van der Waals surface area contributed by atoms with Crippen LogP contribution in [0.2, 0.25) is 0 Å². The molecular weight excluding hydrogens is 418 g/mol. The van der Waals surface area contributed by atoms with Crippen molar-refractivity contribution in [2.45, 2.75) is 79.6 Å². The highest BCUT2D eigenvalue weighted by molar-refractivity contribution is 5.85. The van der Waals surface area contributed by atoms with Gasteiger partial charge in [-0.25, -0.2) is 0 Å². The summed E-state index contributed by atoms with van der Waals surface area (Å²) in [6.45, 7) is 12.2. The van der Waals surface area contributed by atoms with Crippen molar-refractivity contribution in [3.63, 3.8) is 0 Å². The number of halogens is 1. The van der Waals surface area contributed by atoms with Crippen LogP contribution in [0.15, 0.2) is 58.7 Å². The summed E-state index contributed by atoms with van der Waals surface area (Å²) in [5, 5.41) is 0. The molecule has 4 heteroatoms. The predicted molar refractivity (Wildman–Crippen MR) is 139 cm³/mol. The second-order valence-electron chi connectivity index (χ2n) is 10.1. The van der Waals surface area contributed by atoms with Crippen molar-refractivity contribution in [2.75, 3.05) is 13.2 Å². The summed E-state index contributed by atoms with van der Waals surface area (Å²) in [5.74, 6) is 0.578. The fourth-order valence-electron chi connectivity index (χ4n) is 4.71. The molecule has 180 valence electrons. The average molecular weight is 462 g/mol. The molecule has 0 aliphatic heterocycles. The van der Waals surface area contributed by atoms with Crippen molar-refractivity contribution < 1.29 is 9.53 Å². The van der Waals surface area contributed by atoms with Gasteiger partial charge in [-0.3, -0.25) is 4.79 Å². The van der Waals surface area contributed by atoms with E-state index in [-0.39, 0.29) is 29.7 Å². The Bertz CT molecular complexity index is 762. The lowest BCUT2D eigenvalue weighted by atomic mass is 9.72. The van der Waals surface area contributed by atoms with Crippen LogP contribution in [0.25, 0.3) is 0 Å². The first kappa shape index (κ1) is 28.5. The Morgan fingerprint density at radius 3 is 2.44 bits per heavy atom. The maximum atomic E-state index is 12.2. The van der Waals surface area contributed by atoms with E-state index in [2.05, 4.69) is 58.1 Å². The van der Waals surface area contributed by atoms with Gasteiger partial charge in [0.05, 0.1) is 5.92 Å². The summed E-state index contributed by atoms with van der Waals surface area (Å²) in [4.78, 5) is 12.2. The Morgan fingerprint density at radius 2 is 1.81 bits per heavy atom. The first-order valence-corrected chi connectivity index (χ1v) is 12.0. The smallest absolute Gasteiger partial charge is 0.309 e. The van der Waals surface area contributed by atoms with Gasteiger partial charge in [0.15, 0.2) is 0 Å². The Morgan fingerprint density at radius 1 is 1.12 bits per heavy atom. The quantitative estimate of drug-likeness (QED) is 0.306. The molecule has 0 aromatic carbocycles. The number of hydrogen-bond donors (Lipinski definition) is 1. The van der Waals surface area contributed by atoms with Gasteiger partial charge >= 0.3 is 5.97 Å². The molecule has 2 N–H and O–H groups in total. The average Bonchev–Trinajstić information content (AvgIpc) is 2.73. The highest BCUT2D eigenvalue weighted by atomic mass is 35.5. The zero-order chi connectivity index (χ0) is 22.9. The van der Waals surface area contributed by atoms with Crippen LogP contribution in [-0.2, 0) is 9.53 Å². The minimum absolute atomic E-state index is 0. The number of nitrogens with two attached hydrogens (primary N) is 1. The second-order valence-corrected chi connectivity index (χ2v) is 10.1. The SMILES string of the molecule is CC1=C(/C=C/C(C)=C/C=C/C(C)=C/COC(=O)C2CCC(CN)CC2)C(C)(C)CCC1.Cl. The molecule has 0 aromatic rings. The largest absolute Gasteiger partial charge is 0.461 e. The summed E-state index contributed by atoms with van der Waals surface area (Å²) in [7, 11) is 0. The molecule has 2 aliphatic carbocycles. The second kappa shape index (κ2) is 13.9. The molecule has 0 atom stereocenters. The molecule has 0 radical (unpaired) electrons. The third-order valence-electron chi connectivity index (χ3n) is 6.92. The number of rotatable bonds is 8. The first-order chi connectivity index (χ1) is 14.7. The van der Waals surface area contributed by atoms with Crippen molar-refractivity contribution in [3.05, 3.63) is 58.7 Å². The topological polar surface area (TPSA) is 52.3 Å². The zero-order valence-electron chi connectivity index (χ0n) is 20.8. The highest BCUT2D eigenvalue weighted by Crippen LogP contribution is 2.40. The van der Waals surface area contributed by atoms with Crippen molar-refractivity contribution in [2.24, 2.45) is 23.0 Å².